The van der Waals surface area contributed by atoms with Crippen molar-refractivity contribution >= 4 is 39.3 Å². The van der Waals surface area contributed by atoms with Crippen LogP contribution in [0.25, 0.3) is 0 Å². The summed E-state index contributed by atoms with van der Waals surface area (Å²) in [7, 11) is 0. The summed E-state index contributed by atoms with van der Waals surface area (Å²) < 4.78 is 6.39. The van der Waals surface area contributed by atoms with Crippen LogP contribution in [-0.2, 0) is 11.2 Å². The Kier molecular flexibility index (Phi) is 5.03. The number of nitrogens with zero attached hydrogens (tertiary/aromatic N) is 1. The van der Waals surface area contributed by atoms with E-state index in [4.69, 9.17) is 16.3 Å². The molecule has 1 aliphatic heterocycles. The first-order valence-electron chi connectivity index (χ1n) is 8.47. The minimum Gasteiger partial charge on any atom is -0.444 e. The lowest BCUT2D eigenvalue weighted by atomic mass is 9.83. The summed E-state index contributed by atoms with van der Waals surface area (Å²) >= 11 is 9.85. The Labute approximate surface area is 157 Å². The number of ether oxygens (including phenoxy) is 1. The van der Waals surface area contributed by atoms with E-state index in [0.717, 1.165) is 41.7 Å². The number of amides is 1. The number of anilines is 1. The Morgan fingerprint density at radius 1 is 1.38 bits per heavy atom. The Hall–Kier alpha value is -0.940. The zero-order valence-electron chi connectivity index (χ0n) is 14.4. The number of fused-ring (bicyclic) bond motifs is 1. The highest BCUT2D eigenvalue weighted by atomic mass is 79.9. The van der Waals surface area contributed by atoms with Crippen molar-refractivity contribution in [1.29, 1.82) is 0 Å². The first-order valence-corrected chi connectivity index (χ1v) is 9.64. The van der Waals surface area contributed by atoms with Crippen LogP contribution in [0, 0.1) is 0 Å². The van der Waals surface area contributed by atoms with E-state index in [1.807, 2.05) is 26.8 Å². The van der Waals surface area contributed by atoms with E-state index in [2.05, 4.69) is 32.2 Å². The van der Waals surface area contributed by atoms with Gasteiger partial charge in [-0.15, -0.1) is 0 Å². The molecule has 0 radical (unpaired) electrons. The van der Waals surface area contributed by atoms with Crippen LogP contribution in [0.15, 0.2) is 16.6 Å². The van der Waals surface area contributed by atoms with E-state index in [9.17, 15) is 4.79 Å². The van der Waals surface area contributed by atoms with Crippen LogP contribution in [-0.4, -0.2) is 30.3 Å². The molecular weight excluding hydrogens is 392 g/mol. The summed E-state index contributed by atoms with van der Waals surface area (Å²) in [5.41, 5.74) is 2.12. The highest BCUT2D eigenvalue weighted by Gasteiger charge is 2.37. The van der Waals surface area contributed by atoms with Gasteiger partial charge < -0.3 is 15.0 Å². The number of benzene rings is 1. The van der Waals surface area contributed by atoms with Gasteiger partial charge in [0.2, 0.25) is 0 Å². The van der Waals surface area contributed by atoms with Crippen molar-refractivity contribution in [3.05, 3.63) is 27.2 Å². The topological polar surface area (TPSA) is 41.6 Å². The van der Waals surface area contributed by atoms with Crippen molar-refractivity contribution in [1.82, 2.24) is 5.32 Å². The third-order valence-corrected chi connectivity index (χ3v) is 5.34. The average Bonchev–Trinajstić information content (AvgIpc) is 2.39. The fourth-order valence-electron chi connectivity index (χ4n) is 3.48. The summed E-state index contributed by atoms with van der Waals surface area (Å²) in [4.78, 5) is 14.3. The largest absolute Gasteiger partial charge is 0.444 e. The SMILES string of the molecule is CC(C)(C)OC(=O)NC1CC(N2CCCc3cc(Cl)cc(Br)c32)C1. The summed E-state index contributed by atoms with van der Waals surface area (Å²) in [6.07, 6.45) is 3.79. The van der Waals surface area contributed by atoms with E-state index in [0.29, 0.717) is 6.04 Å². The highest BCUT2D eigenvalue weighted by molar-refractivity contribution is 9.10. The molecule has 0 aromatic heterocycles. The molecule has 1 N–H and O–H groups in total. The maximum atomic E-state index is 11.9. The van der Waals surface area contributed by atoms with Crippen LogP contribution in [0.5, 0.6) is 0 Å². The number of alkyl carbamates (subject to hydrolysis) is 1. The molecule has 6 heteroatoms. The van der Waals surface area contributed by atoms with Gasteiger partial charge in [0.15, 0.2) is 0 Å². The quantitative estimate of drug-likeness (QED) is 0.746. The van der Waals surface area contributed by atoms with Gasteiger partial charge in [0.25, 0.3) is 0 Å². The number of hydrogen-bond acceptors (Lipinski definition) is 3. The van der Waals surface area contributed by atoms with E-state index < -0.39 is 5.60 Å². The molecule has 1 aromatic rings. The molecule has 0 saturated heterocycles. The van der Waals surface area contributed by atoms with Crippen molar-refractivity contribution in [2.75, 3.05) is 11.4 Å². The molecule has 1 aromatic carbocycles. The van der Waals surface area contributed by atoms with Gasteiger partial charge in [-0.3, -0.25) is 0 Å². The monoisotopic (exact) mass is 414 g/mol. The van der Waals surface area contributed by atoms with Crippen molar-refractivity contribution in [2.24, 2.45) is 0 Å². The maximum absolute atomic E-state index is 11.9. The number of nitrogens with one attached hydrogen (secondary N) is 1. The Morgan fingerprint density at radius 2 is 2.08 bits per heavy atom. The van der Waals surface area contributed by atoms with Gasteiger partial charge >= 0.3 is 6.09 Å². The zero-order valence-corrected chi connectivity index (χ0v) is 16.7. The minimum absolute atomic E-state index is 0.196. The lowest BCUT2D eigenvalue weighted by molar-refractivity contribution is 0.0470. The van der Waals surface area contributed by atoms with Crippen LogP contribution < -0.4 is 10.2 Å². The van der Waals surface area contributed by atoms with Gasteiger partial charge in [-0.2, -0.15) is 0 Å². The van der Waals surface area contributed by atoms with Gasteiger partial charge in [0.1, 0.15) is 5.60 Å². The Morgan fingerprint density at radius 3 is 2.75 bits per heavy atom. The third-order valence-electron chi connectivity index (χ3n) is 4.51. The summed E-state index contributed by atoms with van der Waals surface area (Å²) in [6, 6.07) is 4.69. The zero-order chi connectivity index (χ0) is 17.5. The smallest absolute Gasteiger partial charge is 0.407 e. The molecule has 0 atom stereocenters. The molecule has 132 valence electrons. The highest BCUT2D eigenvalue weighted by Crippen LogP contribution is 2.41. The number of halogens is 2. The van der Waals surface area contributed by atoms with Crippen LogP contribution >= 0.6 is 27.5 Å². The van der Waals surface area contributed by atoms with Crippen molar-refractivity contribution in [2.45, 2.75) is 64.1 Å². The van der Waals surface area contributed by atoms with Gasteiger partial charge in [-0.1, -0.05) is 11.6 Å². The second-order valence-electron chi connectivity index (χ2n) is 7.66. The Bertz CT molecular complexity index is 639. The Balaban J connectivity index is 1.61. The van der Waals surface area contributed by atoms with E-state index in [1.165, 1.54) is 11.3 Å². The van der Waals surface area contributed by atoms with Crippen molar-refractivity contribution in [3.63, 3.8) is 0 Å². The molecule has 1 saturated carbocycles. The lowest BCUT2D eigenvalue weighted by Crippen LogP contribution is -2.55. The summed E-state index contributed by atoms with van der Waals surface area (Å²) in [5, 5.41) is 3.75. The standard InChI is InChI=1S/C18H24BrClN2O2/c1-18(2,3)24-17(23)21-13-9-14(10-13)22-6-4-5-11-7-12(20)8-15(19)16(11)22/h7-8,13-14H,4-6,9-10H2,1-3H3,(H,21,23). The van der Waals surface area contributed by atoms with Crippen LogP contribution in [0.2, 0.25) is 5.02 Å². The van der Waals surface area contributed by atoms with Crippen molar-refractivity contribution < 1.29 is 9.53 Å². The molecule has 1 amide bonds. The molecule has 4 nitrogen and oxygen atoms in total. The van der Waals surface area contributed by atoms with Gasteiger partial charge in [-0.25, -0.2) is 4.79 Å². The normalized spacial score (nSPS) is 23.3. The first kappa shape index (κ1) is 17.9. The molecule has 2 aliphatic rings. The van der Waals surface area contributed by atoms with E-state index >= 15 is 0 Å². The molecule has 0 spiro atoms. The first-order chi connectivity index (χ1) is 11.2. The molecule has 1 fully saturated rings. The third kappa shape index (κ3) is 3.99. The van der Waals surface area contributed by atoms with Crippen molar-refractivity contribution in [3.8, 4) is 0 Å². The molecular formula is C18H24BrClN2O2. The van der Waals surface area contributed by atoms with E-state index in [1.54, 1.807) is 0 Å². The molecule has 0 unspecified atom stereocenters. The summed E-state index contributed by atoms with van der Waals surface area (Å²) in [5.74, 6) is 0. The maximum Gasteiger partial charge on any atom is 0.407 e. The second-order valence-corrected chi connectivity index (χ2v) is 8.95. The molecule has 24 heavy (non-hydrogen) atoms. The molecule has 1 heterocycles. The lowest BCUT2D eigenvalue weighted by Gasteiger charge is -2.46. The van der Waals surface area contributed by atoms with E-state index in [-0.39, 0.29) is 12.1 Å². The fraction of sp³-hybridized carbons (Fsp3) is 0.611. The van der Waals surface area contributed by atoms with Crippen LogP contribution in [0.4, 0.5) is 10.5 Å². The average molecular weight is 416 g/mol. The summed E-state index contributed by atoms with van der Waals surface area (Å²) in [6.45, 7) is 6.69. The number of hydrogen-bond donors (Lipinski definition) is 1. The predicted octanol–water partition coefficient (Wildman–Crippen LogP) is 4.91. The van der Waals surface area contributed by atoms with Gasteiger partial charge in [0.05, 0.1) is 5.69 Å². The number of carbonyl (C=O) groups is 1. The second kappa shape index (κ2) is 6.75. The molecule has 3 rings (SSSR count). The van der Waals surface area contributed by atoms with Gasteiger partial charge in [-0.05, 0) is 80.1 Å². The predicted molar refractivity (Wildman–Crippen MR) is 101 cm³/mol. The van der Waals surface area contributed by atoms with Gasteiger partial charge in [0, 0.05) is 28.1 Å². The van der Waals surface area contributed by atoms with Crippen LogP contribution in [0.3, 0.4) is 0 Å². The molecule has 1 aliphatic carbocycles. The van der Waals surface area contributed by atoms with Crippen LogP contribution in [0.1, 0.15) is 45.6 Å². The fourth-order valence-corrected chi connectivity index (χ4v) is 4.58. The number of aryl methyl sites for hydroxylation is 1. The molecule has 0 bridgehead atoms. The number of carbonyl (C=O) groups excluding carboxylic acids is 1. The minimum atomic E-state index is -0.455. The number of rotatable bonds is 2.